The van der Waals surface area contributed by atoms with Gasteiger partial charge in [0.25, 0.3) is 0 Å². The van der Waals surface area contributed by atoms with E-state index in [1.807, 2.05) is 18.2 Å². The average Bonchev–Trinajstić information content (AvgIpc) is 2.92. The molecule has 3 aromatic rings. The summed E-state index contributed by atoms with van der Waals surface area (Å²) >= 11 is 0. The lowest BCUT2D eigenvalue weighted by Gasteiger charge is -2.09. The Labute approximate surface area is 161 Å². The second kappa shape index (κ2) is 8.43. The number of benzene rings is 2. The molecule has 146 valence electrons. The van der Waals surface area contributed by atoms with Crippen molar-refractivity contribution in [3.8, 4) is 5.75 Å². The SMILES string of the molecule is CCOC(=O)COc1cccc(NC(=O)Cn2c(=O)n(C)c3ccccc32)c1. The van der Waals surface area contributed by atoms with Crippen LogP contribution >= 0.6 is 0 Å². The van der Waals surface area contributed by atoms with Crippen molar-refractivity contribution in [1.29, 1.82) is 0 Å². The van der Waals surface area contributed by atoms with E-state index in [1.54, 1.807) is 44.3 Å². The number of ether oxygens (including phenoxy) is 2. The van der Waals surface area contributed by atoms with Crippen molar-refractivity contribution in [1.82, 2.24) is 9.13 Å². The van der Waals surface area contributed by atoms with E-state index in [0.29, 0.717) is 17.0 Å². The van der Waals surface area contributed by atoms with Crippen molar-refractivity contribution >= 4 is 28.6 Å². The van der Waals surface area contributed by atoms with Gasteiger partial charge in [-0.2, -0.15) is 0 Å². The van der Waals surface area contributed by atoms with Gasteiger partial charge in [0.15, 0.2) is 6.61 Å². The van der Waals surface area contributed by atoms with Crippen LogP contribution in [0.1, 0.15) is 6.92 Å². The van der Waals surface area contributed by atoms with Gasteiger partial charge in [-0.05, 0) is 31.2 Å². The molecule has 0 aliphatic carbocycles. The van der Waals surface area contributed by atoms with Gasteiger partial charge >= 0.3 is 11.7 Å². The van der Waals surface area contributed by atoms with Crippen molar-refractivity contribution in [3.05, 3.63) is 59.0 Å². The second-order valence-corrected chi connectivity index (χ2v) is 6.09. The standard InChI is InChI=1S/C20H21N3O5/c1-3-27-19(25)13-28-15-8-6-7-14(11-15)21-18(24)12-23-17-10-5-4-9-16(17)22(2)20(23)26/h4-11H,3,12-13H2,1-2H3,(H,21,24). The maximum absolute atomic E-state index is 12.5. The van der Waals surface area contributed by atoms with Crippen LogP contribution in [0, 0.1) is 0 Å². The van der Waals surface area contributed by atoms with Crippen molar-refractivity contribution in [2.45, 2.75) is 13.5 Å². The number of rotatable bonds is 7. The van der Waals surface area contributed by atoms with Crippen LogP contribution in [0.2, 0.25) is 0 Å². The molecule has 0 saturated carbocycles. The van der Waals surface area contributed by atoms with Gasteiger partial charge in [-0.25, -0.2) is 9.59 Å². The molecule has 0 atom stereocenters. The number of nitrogens with one attached hydrogen (secondary N) is 1. The van der Waals surface area contributed by atoms with E-state index in [0.717, 1.165) is 5.52 Å². The highest BCUT2D eigenvalue weighted by atomic mass is 16.6. The van der Waals surface area contributed by atoms with Crippen LogP contribution in [0.3, 0.4) is 0 Å². The summed E-state index contributed by atoms with van der Waals surface area (Å²) in [5.41, 5.74) is 1.69. The predicted octanol–water partition coefficient (Wildman–Crippen LogP) is 1.92. The summed E-state index contributed by atoms with van der Waals surface area (Å²) in [4.78, 5) is 36.2. The van der Waals surface area contributed by atoms with Gasteiger partial charge in [0.05, 0.1) is 17.6 Å². The Hall–Kier alpha value is -3.55. The summed E-state index contributed by atoms with van der Waals surface area (Å²) < 4.78 is 13.1. The minimum atomic E-state index is -0.465. The molecule has 1 amide bonds. The largest absolute Gasteiger partial charge is 0.482 e. The predicted molar refractivity (Wildman–Crippen MR) is 104 cm³/mol. The number of carbonyl (C=O) groups excluding carboxylic acids is 2. The quantitative estimate of drug-likeness (QED) is 0.630. The first-order valence-corrected chi connectivity index (χ1v) is 8.82. The molecule has 8 heteroatoms. The van der Waals surface area contributed by atoms with Crippen molar-refractivity contribution in [2.75, 3.05) is 18.5 Å². The van der Waals surface area contributed by atoms with Crippen LogP contribution in [0.5, 0.6) is 5.75 Å². The first-order chi connectivity index (χ1) is 13.5. The van der Waals surface area contributed by atoms with E-state index in [1.165, 1.54) is 9.13 Å². The number of para-hydroxylation sites is 2. The number of fused-ring (bicyclic) bond motifs is 1. The van der Waals surface area contributed by atoms with Crippen molar-refractivity contribution in [2.24, 2.45) is 7.05 Å². The first-order valence-electron chi connectivity index (χ1n) is 8.82. The number of hydrogen-bond acceptors (Lipinski definition) is 5. The van der Waals surface area contributed by atoms with E-state index in [2.05, 4.69) is 5.32 Å². The molecule has 0 bridgehead atoms. The molecular weight excluding hydrogens is 362 g/mol. The van der Waals surface area contributed by atoms with Crippen LogP contribution in [0.25, 0.3) is 11.0 Å². The summed E-state index contributed by atoms with van der Waals surface area (Å²) in [6.07, 6.45) is 0. The molecule has 2 aromatic carbocycles. The lowest BCUT2D eigenvalue weighted by molar-refractivity contribution is -0.145. The molecule has 0 radical (unpaired) electrons. The Balaban J connectivity index is 1.69. The van der Waals surface area contributed by atoms with Gasteiger partial charge in [0.2, 0.25) is 5.91 Å². The van der Waals surface area contributed by atoms with Gasteiger partial charge < -0.3 is 14.8 Å². The molecule has 0 unspecified atom stereocenters. The smallest absolute Gasteiger partial charge is 0.344 e. The molecule has 1 N–H and O–H groups in total. The molecule has 3 rings (SSSR count). The maximum Gasteiger partial charge on any atom is 0.344 e. The Morgan fingerprint density at radius 2 is 1.82 bits per heavy atom. The van der Waals surface area contributed by atoms with Crippen LogP contribution in [0.4, 0.5) is 5.69 Å². The van der Waals surface area contributed by atoms with E-state index < -0.39 is 5.97 Å². The number of imidazole rings is 1. The summed E-state index contributed by atoms with van der Waals surface area (Å²) in [5.74, 6) is -0.388. The van der Waals surface area contributed by atoms with Crippen molar-refractivity contribution in [3.63, 3.8) is 0 Å². The molecule has 8 nitrogen and oxygen atoms in total. The third kappa shape index (κ3) is 4.22. The molecule has 0 aliphatic rings. The van der Waals surface area contributed by atoms with Gasteiger partial charge in [-0.15, -0.1) is 0 Å². The molecule has 0 aliphatic heterocycles. The number of aryl methyl sites for hydroxylation is 1. The van der Waals surface area contributed by atoms with Gasteiger partial charge in [0.1, 0.15) is 12.3 Å². The topological polar surface area (TPSA) is 91.6 Å². The molecule has 28 heavy (non-hydrogen) atoms. The average molecular weight is 383 g/mol. The molecule has 0 fully saturated rings. The van der Waals surface area contributed by atoms with Gasteiger partial charge in [-0.1, -0.05) is 18.2 Å². The van der Waals surface area contributed by atoms with Gasteiger partial charge in [0, 0.05) is 18.8 Å². The number of nitrogens with zero attached hydrogens (tertiary/aromatic N) is 2. The van der Waals surface area contributed by atoms with Crippen LogP contribution < -0.4 is 15.7 Å². The number of carbonyl (C=O) groups is 2. The fourth-order valence-corrected chi connectivity index (χ4v) is 2.87. The fraction of sp³-hybridized carbons (Fsp3) is 0.250. The number of hydrogen-bond donors (Lipinski definition) is 1. The number of aromatic nitrogens is 2. The highest BCUT2D eigenvalue weighted by Crippen LogP contribution is 2.18. The summed E-state index contributed by atoms with van der Waals surface area (Å²) in [5, 5.41) is 2.74. The minimum absolute atomic E-state index is 0.117. The number of esters is 1. The maximum atomic E-state index is 12.5. The molecule has 0 saturated heterocycles. The molecule has 1 heterocycles. The summed E-state index contributed by atoms with van der Waals surface area (Å²) in [6, 6.07) is 14.0. The third-order valence-corrected chi connectivity index (χ3v) is 4.13. The lowest BCUT2D eigenvalue weighted by atomic mass is 10.3. The van der Waals surface area contributed by atoms with E-state index in [4.69, 9.17) is 9.47 Å². The Bertz CT molecular complexity index is 1070. The van der Waals surface area contributed by atoms with Gasteiger partial charge in [-0.3, -0.25) is 13.9 Å². The zero-order chi connectivity index (χ0) is 20.1. The minimum Gasteiger partial charge on any atom is -0.482 e. The highest BCUT2D eigenvalue weighted by Gasteiger charge is 2.13. The number of amides is 1. The van der Waals surface area contributed by atoms with Crippen LogP contribution in [-0.2, 0) is 27.9 Å². The second-order valence-electron chi connectivity index (χ2n) is 6.09. The van der Waals surface area contributed by atoms with E-state index in [9.17, 15) is 14.4 Å². The number of anilines is 1. The molecule has 1 aromatic heterocycles. The monoisotopic (exact) mass is 383 g/mol. The normalized spacial score (nSPS) is 10.6. The summed E-state index contributed by atoms with van der Waals surface area (Å²) in [7, 11) is 1.67. The Kier molecular flexibility index (Phi) is 5.78. The zero-order valence-corrected chi connectivity index (χ0v) is 15.7. The Morgan fingerprint density at radius 1 is 1.07 bits per heavy atom. The van der Waals surface area contributed by atoms with E-state index >= 15 is 0 Å². The zero-order valence-electron chi connectivity index (χ0n) is 15.7. The molecule has 0 spiro atoms. The van der Waals surface area contributed by atoms with E-state index in [-0.39, 0.29) is 31.4 Å². The Morgan fingerprint density at radius 3 is 2.57 bits per heavy atom. The van der Waals surface area contributed by atoms with Crippen LogP contribution in [0.15, 0.2) is 53.3 Å². The van der Waals surface area contributed by atoms with Crippen molar-refractivity contribution < 1.29 is 19.1 Å². The third-order valence-electron chi connectivity index (χ3n) is 4.13. The summed E-state index contributed by atoms with van der Waals surface area (Å²) in [6.45, 7) is 1.67. The van der Waals surface area contributed by atoms with Crippen LogP contribution in [-0.4, -0.2) is 34.2 Å². The first kappa shape index (κ1) is 19.2. The highest BCUT2D eigenvalue weighted by molar-refractivity contribution is 5.91. The molecular formula is C20H21N3O5. The fourth-order valence-electron chi connectivity index (χ4n) is 2.87. The lowest BCUT2D eigenvalue weighted by Crippen LogP contribution is -2.28.